The van der Waals surface area contributed by atoms with E-state index in [1.165, 1.54) is 11.0 Å². The quantitative estimate of drug-likeness (QED) is 0.256. The highest BCUT2D eigenvalue weighted by atomic mass is 19.4. The van der Waals surface area contributed by atoms with Gasteiger partial charge in [0.1, 0.15) is 24.5 Å². The fourth-order valence-electron chi connectivity index (χ4n) is 5.44. The van der Waals surface area contributed by atoms with Crippen molar-refractivity contribution in [3.05, 3.63) is 64.7 Å². The highest BCUT2D eigenvalue weighted by Crippen LogP contribution is 2.39. The summed E-state index contributed by atoms with van der Waals surface area (Å²) in [5, 5.41) is 0. The van der Waals surface area contributed by atoms with Gasteiger partial charge in [0.15, 0.2) is 0 Å². The molecule has 0 saturated heterocycles. The summed E-state index contributed by atoms with van der Waals surface area (Å²) < 4.78 is 58.2. The van der Waals surface area contributed by atoms with Gasteiger partial charge in [0.25, 0.3) is 0 Å². The predicted molar refractivity (Wildman–Crippen MR) is 164 cm³/mol. The van der Waals surface area contributed by atoms with Crippen molar-refractivity contribution in [2.24, 2.45) is 0 Å². The zero-order valence-corrected chi connectivity index (χ0v) is 26.3. The van der Waals surface area contributed by atoms with E-state index in [-0.39, 0.29) is 44.2 Å². The number of esters is 1. The number of ether oxygens (including phenoxy) is 3. The van der Waals surface area contributed by atoms with Crippen molar-refractivity contribution in [3.63, 3.8) is 0 Å². The molecule has 0 radical (unpaired) electrons. The first-order valence-corrected chi connectivity index (χ1v) is 15.3. The van der Waals surface area contributed by atoms with Gasteiger partial charge in [0, 0.05) is 18.8 Å². The maximum Gasteiger partial charge on any atom is 0.417 e. The van der Waals surface area contributed by atoms with Crippen LogP contribution in [-0.4, -0.2) is 54.7 Å². The predicted octanol–water partition coefficient (Wildman–Crippen LogP) is 7.32. The van der Waals surface area contributed by atoms with Crippen molar-refractivity contribution in [2.75, 3.05) is 31.1 Å². The largest absolute Gasteiger partial charge is 0.489 e. The number of halogens is 3. The van der Waals surface area contributed by atoms with Gasteiger partial charge in [-0.15, -0.1) is 0 Å². The van der Waals surface area contributed by atoms with Gasteiger partial charge in [-0.2, -0.15) is 13.2 Å². The van der Waals surface area contributed by atoms with Crippen LogP contribution in [0.5, 0.6) is 5.75 Å². The Morgan fingerprint density at radius 3 is 2.44 bits per heavy atom. The van der Waals surface area contributed by atoms with E-state index in [0.717, 1.165) is 36.5 Å². The van der Waals surface area contributed by atoms with Crippen molar-refractivity contribution in [1.29, 1.82) is 0 Å². The number of hydrogen-bond acceptors (Lipinski definition) is 6. The third-order valence-corrected chi connectivity index (χ3v) is 7.55. The first kappa shape index (κ1) is 33.9. The van der Waals surface area contributed by atoms with Gasteiger partial charge < -0.3 is 19.1 Å². The number of rotatable bonds is 10. The van der Waals surface area contributed by atoms with Crippen LogP contribution in [0.3, 0.4) is 0 Å². The summed E-state index contributed by atoms with van der Waals surface area (Å²) in [7, 11) is 0. The summed E-state index contributed by atoms with van der Waals surface area (Å²) in [6.45, 7) is 7.04. The number of carbonyl (C=O) groups is 3. The normalized spacial score (nSPS) is 14.8. The lowest BCUT2D eigenvalue weighted by Crippen LogP contribution is -2.45. The molecule has 0 N–H and O–H groups in total. The molecule has 45 heavy (non-hydrogen) atoms. The molecule has 1 aliphatic heterocycles. The molecule has 2 amide bonds. The molecule has 0 fully saturated rings. The first-order valence-electron chi connectivity index (χ1n) is 15.3. The molecule has 1 heterocycles. The summed E-state index contributed by atoms with van der Waals surface area (Å²) in [5.41, 5.74) is 1.44. The topological polar surface area (TPSA) is 85.4 Å². The molecule has 2 aliphatic rings. The van der Waals surface area contributed by atoms with Gasteiger partial charge in [0.05, 0.1) is 18.6 Å². The van der Waals surface area contributed by atoms with Gasteiger partial charge in [-0.05, 0) is 106 Å². The standard InChI is InChI=1S/C34H41F3N2O6/c1-5-43-31(41)16-17-38(32(42)45-33(2,3)4)21-30(40)39-18-15-25-20-26(12-14-29(25)39)44-22-23-11-13-27(24-9-7-6-8-10-24)28(19-23)34(35,36)37/h9,11-14,19-20H,5-8,10,15-18,21-22H2,1-4H3. The van der Waals surface area contributed by atoms with Crippen LogP contribution in [-0.2, 0) is 38.3 Å². The summed E-state index contributed by atoms with van der Waals surface area (Å²) in [4.78, 5) is 40.9. The molecule has 8 nitrogen and oxygen atoms in total. The molecule has 0 atom stereocenters. The van der Waals surface area contributed by atoms with Crippen LogP contribution in [0.4, 0.5) is 23.7 Å². The Labute approximate surface area is 262 Å². The Balaban J connectivity index is 1.43. The molecule has 2 aromatic carbocycles. The fraction of sp³-hybridized carbons (Fsp3) is 0.500. The second-order valence-corrected chi connectivity index (χ2v) is 12.2. The zero-order valence-electron chi connectivity index (χ0n) is 26.3. The summed E-state index contributed by atoms with van der Waals surface area (Å²) in [5.74, 6) is -0.352. The van der Waals surface area contributed by atoms with Crippen LogP contribution in [0, 0.1) is 0 Å². The van der Waals surface area contributed by atoms with Crippen LogP contribution in [0.25, 0.3) is 5.57 Å². The lowest BCUT2D eigenvalue weighted by Gasteiger charge is -2.28. The third kappa shape index (κ3) is 9.25. The van der Waals surface area contributed by atoms with E-state index < -0.39 is 29.4 Å². The zero-order chi connectivity index (χ0) is 32.8. The van der Waals surface area contributed by atoms with E-state index >= 15 is 0 Å². The molecule has 0 spiro atoms. The molecule has 0 saturated carbocycles. The Bertz CT molecular complexity index is 1430. The van der Waals surface area contributed by atoms with Gasteiger partial charge in [0.2, 0.25) is 5.91 Å². The molecule has 2 aromatic rings. The number of allylic oxidation sites excluding steroid dienone is 2. The minimum atomic E-state index is -4.48. The van der Waals surface area contributed by atoms with Crippen molar-refractivity contribution in [2.45, 2.75) is 84.6 Å². The number of alkyl halides is 3. The summed E-state index contributed by atoms with van der Waals surface area (Å²) in [6, 6.07) is 9.55. The number of fused-ring (bicyclic) bond motifs is 1. The Hall–Kier alpha value is -4.02. The molecule has 4 rings (SSSR count). The van der Waals surface area contributed by atoms with Gasteiger partial charge >= 0.3 is 18.2 Å². The molecular weight excluding hydrogens is 589 g/mol. The number of hydrogen-bond donors (Lipinski definition) is 0. The minimum Gasteiger partial charge on any atom is -0.489 e. The van der Waals surface area contributed by atoms with Crippen LogP contribution in [0.15, 0.2) is 42.5 Å². The van der Waals surface area contributed by atoms with Gasteiger partial charge in [-0.25, -0.2) is 4.79 Å². The Kier molecular flexibility index (Phi) is 10.8. The smallest absolute Gasteiger partial charge is 0.417 e. The van der Waals surface area contributed by atoms with Crippen molar-refractivity contribution in [3.8, 4) is 5.75 Å². The minimum absolute atomic E-state index is 0.0401. The molecule has 11 heteroatoms. The number of anilines is 1. The third-order valence-electron chi connectivity index (χ3n) is 7.55. The fourth-order valence-corrected chi connectivity index (χ4v) is 5.44. The van der Waals surface area contributed by atoms with E-state index in [4.69, 9.17) is 14.2 Å². The average Bonchev–Trinajstić information content (AvgIpc) is 3.41. The number of carbonyl (C=O) groups excluding carboxylic acids is 3. The van der Waals surface area contributed by atoms with Crippen molar-refractivity contribution >= 4 is 29.2 Å². The molecule has 244 valence electrons. The highest BCUT2D eigenvalue weighted by molar-refractivity contribution is 5.98. The molecular formula is C34H41F3N2O6. The van der Waals surface area contributed by atoms with Crippen LogP contribution in [0.1, 0.15) is 82.1 Å². The SMILES string of the molecule is CCOC(=O)CCN(CC(=O)N1CCc2cc(OCc3ccc(C4=CCCCC4)c(C(F)(F)F)c3)ccc21)C(=O)OC(C)(C)C. The highest BCUT2D eigenvalue weighted by Gasteiger charge is 2.35. The van der Waals surface area contributed by atoms with Crippen LogP contribution < -0.4 is 9.64 Å². The number of amides is 2. The number of benzene rings is 2. The van der Waals surface area contributed by atoms with Crippen molar-refractivity contribution in [1.82, 2.24) is 4.90 Å². The molecule has 0 bridgehead atoms. The van der Waals surface area contributed by atoms with Gasteiger partial charge in [-0.1, -0.05) is 18.2 Å². The van der Waals surface area contributed by atoms with E-state index in [1.807, 2.05) is 6.08 Å². The van der Waals surface area contributed by atoms with Crippen LogP contribution in [0.2, 0.25) is 0 Å². The van der Waals surface area contributed by atoms with Crippen molar-refractivity contribution < 1.29 is 41.8 Å². The van der Waals surface area contributed by atoms with E-state index in [2.05, 4.69) is 0 Å². The van der Waals surface area contributed by atoms with E-state index in [0.29, 0.717) is 36.4 Å². The van der Waals surface area contributed by atoms with Gasteiger partial charge in [-0.3, -0.25) is 14.5 Å². The molecule has 1 aliphatic carbocycles. The Morgan fingerprint density at radius 1 is 1.00 bits per heavy atom. The average molecular weight is 631 g/mol. The monoisotopic (exact) mass is 630 g/mol. The summed E-state index contributed by atoms with van der Waals surface area (Å²) in [6.07, 6.45) is 0.472. The lowest BCUT2D eigenvalue weighted by molar-refractivity contribution is -0.143. The van der Waals surface area contributed by atoms with E-state index in [9.17, 15) is 27.6 Å². The Morgan fingerprint density at radius 2 is 1.78 bits per heavy atom. The maximum absolute atomic E-state index is 14.0. The second-order valence-electron chi connectivity index (χ2n) is 12.2. The molecule has 0 unspecified atom stereocenters. The van der Waals surface area contributed by atoms with Crippen LogP contribution >= 0.6 is 0 Å². The summed E-state index contributed by atoms with van der Waals surface area (Å²) >= 11 is 0. The maximum atomic E-state index is 14.0. The molecule has 0 aromatic heterocycles. The number of nitrogens with zero attached hydrogens (tertiary/aromatic N) is 2. The lowest BCUT2D eigenvalue weighted by atomic mass is 9.90. The first-order chi connectivity index (χ1) is 21.2. The second kappa shape index (κ2) is 14.4. The van der Waals surface area contributed by atoms with E-state index in [1.54, 1.807) is 56.9 Å².